The lowest BCUT2D eigenvalue weighted by atomic mass is 9.78. The molecule has 1 aliphatic heterocycles. The van der Waals surface area contributed by atoms with Gasteiger partial charge in [-0.3, -0.25) is 0 Å². The third-order valence-electron chi connectivity index (χ3n) is 4.00. The second-order valence-corrected chi connectivity index (χ2v) is 7.71. The summed E-state index contributed by atoms with van der Waals surface area (Å²) in [6.45, 7) is 5.00. The zero-order valence-corrected chi connectivity index (χ0v) is 12.9. The van der Waals surface area contributed by atoms with Crippen molar-refractivity contribution >= 4 is 10.0 Å². The molecule has 1 aliphatic rings. The molecule has 0 saturated carbocycles. The van der Waals surface area contributed by atoms with Crippen LogP contribution in [0.15, 0.2) is 23.1 Å². The first-order valence-corrected chi connectivity index (χ1v) is 8.39. The lowest BCUT2D eigenvalue weighted by molar-refractivity contribution is 0.181. The Morgan fingerprint density at radius 3 is 2.52 bits per heavy atom. The Bertz CT molecular complexity index is 597. The van der Waals surface area contributed by atoms with E-state index in [-0.39, 0.29) is 18.0 Å². The number of rotatable bonds is 4. The van der Waals surface area contributed by atoms with Crippen molar-refractivity contribution in [3.63, 3.8) is 0 Å². The van der Waals surface area contributed by atoms with Crippen LogP contribution in [0.1, 0.15) is 26.7 Å². The first-order chi connectivity index (χ1) is 9.74. The maximum atomic E-state index is 13.6. The summed E-state index contributed by atoms with van der Waals surface area (Å²) < 4.78 is 53.7. The van der Waals surface area contributed by atoms with E-state index in [1.165, 1.54) is 0 Å². The van der Waals surface area contributed by atoms with Gasteiger partial charge in [-0.15, -0.1) is 0 Å². The van der Waals surface area contributed by atoms with Gasteiger partial charge >= 0.3 is 0 Å². The van der Waals surface area contributed by atoms with Crippen LogP contribution in [0.25, 0.3) is 0 Å². The molecule has 0 amide bonds. The normalized spacial score (nSPS) is 22.2. The van der Waals surface area contributed by atoms with Crippen LogP contribution >= 0.6 is 0 Å². The minimum absolute atomic E-state index is 0.0733. The van der Waals surface area contributed by atoms with Crippen LogP contribution in [0.4, 0.5) is 8.78 Å². The van der Waals surface area contributed by atoms with Gasteiger partial charge in [0.2, 0.25) is 10.0 Å². The third kappa shape index (κ3) is 3.59. The second-order valence-electron chi connectivity index (χ2n) is 6.00. The summed E-state index contributed by atoms with van der Waals surface area (Å²) in [5.74, 6) is -2.17. The fourth-order valence-corrected chi connectivity index (χ4v) is 3.80. The van der Waals surface area contributed by atoms with Gasteiger partial charge in [-0.05, 0) is 36.9 Å². The highest BCUT2D eigenvalue weighted by Crippen LogP contribution is 2.30. The minimum Gasteiger partial charge on any atom is -0.312 e. The molecule has 7 heteroatoms. The molecule has 2 rings (SSSR count). The lowest BCUT2D eigenvalue weighted by Crippen LogP contribution is -2.52. The number of hydrogen-bond acceptors (Lipinski definition) is 3. The number of benzene rings is 1. The van der Waals surface area contributed by atoms with Crippen molar-refractivity contribution in [3.05, 3.63) is 29.8 Å². The fourth-order valence-electron chi connectivity index (χ4n) is 2.62. The van der Waals surface area contributed by atoms with Gasteiger partial charge in [0.15, 0.2) is 4.90 Å². The Labute approximate surface area is 124 Å². The van der Waals surface area contributed by atoms with E-state index in [1.54, 1.807) is 0 Å². The first-order valence-electron chi connectivity index (χ1n) is 6.91. The molecule has 21 heavy (non-hydrogen) atoms. The lowest BCUT2D eigenvalue weighted by Gasteiger charge is -2.39. The molecule has 1 heterocycles. The highest BCUT2D eigenvalue weighted by Gasteiger charge is 2.33. The molecule has 1 unspecified atom stereocenters. The van der Waals surface area contributed by atoms with Crippen LogP contribution in [-0.4, -0.2) is 27.5 Å². The van der Waals surface area contributed by atoms with E-state index < -0.39 is 26.6 Å². The molecule has 0 aromatic heterocycles. The Kier molecular flexibility index (Phi) is 4.65. The van der Waals surface area contributed by atoms with Crippen molar-refractivity contribution in [1.29, 1.82) is 0 Å². The fraction of sp³-hybridized carbons (Fsp3) is 0.571. The van der Waals surface area contributed by atoms with Crippen molar-refractivity contribution in [2.75, 3.05) is 13.1 Å². The molecule has 0 aliphatic carbocycles. The zero-order valence-electron chi connectivity index (χ0n) is 12.1. The molecule has 1 fully saturated rings. The van der Waals surface area contributed by atoms with E-state index in [9.17, 15) is 17.2 Å². The maximum absolute atomic E-state index is 13.6. The molecule has 0 bridgehead atoms. The standard InChI is InChI=1S/C14H20F2N2O2S/c1-14(2)7-4-8-17-12(14)9-18-21(19,20)13-10(15)5-3-6-11(13)16/h3,5-6,12,17-18H,4,7-9H2,1-2H3. The molecular weight excluding hydrogens is 298 g/mol. The van der Waals surface area contributed by atoms with Gasteiger partial charge in [0.1, 0.15) is 11.6 Å². The van der Waals surface area contributed by atoms with Crippen molar-refractivity contribution in [2.24, 2.45) is 5.41 Å². The average Bonchev–Trinajstić information content (AvgIpc) is 2.36. The van der Waals surface area contributed by atoms with Crippen molar-refractivity contribution in [3.8, 4) is 0 Å². The predicted octanol–water partition coefficient (Wildman–Crippen LogP) is 2.02. The van der Waals surface area contributed by atoms with Crippen LogP contribution in [0.2, 0.25) is 0 Å². The number of hydrogen-bond donors (Lipinski definition) is 2. The molecule has 1 saturated heterocycles. The summed E-state index contributed by atoms with van der Waals surface area (Å²) in [6, 6.07) is 2.92. The van der Waals surface area contributed by atoms with Crippen LogP contribution in [0, 0.1) is 17.0 Å². The Morgan fingerprint density at radius 2 is 1.95 bits per heavy atom. The molecule has 118 valence electrons. The SMILES string of the molecule is CC1(C)CCCNC1CNS(=O)(=O)c1c(F)cccc1F. The van der Waals surface area contributed by atoms with Gasteiger partial charge in [-0.25, -0.2) is 21.9 Å². The largest absolute Gasteiger partial charge is 0.312 e. The summed E-state index contributed by atoms with van der Waals surface area (Å²) in [5.41, 5.74) is -0.0749. The number of piperidine rings is 1. The highest BCUT2D eigenvalue weighted by molar-refractivity contribution is 7.89. The van der Waals surface area contributed by atoms with Gasteiger partial charge in [0, 0.05) is 12.6 Å². The third-order valence-corrected chi connectivity index (χ3v) is 5.47. The van der Waals surface area contributed by atoms with Crippen LogP contribution in [0.3, 0.4) is 0 Å². The smallest absolute Gasteiger partial charge is 0.246 e. The number of sulfonamides is 1. The molecule has 0 spiro atoms. The summed E-state index contributed by atoms with van der Waals surface area (Å²) in [6.07, 6.45) is 2.00. The molecule has 1 atom stereocenters. The number of nitrogens with one attached hydrogen (secondary N) is 2. The van der Waals surface area contributed by atoms with Gasteiger partial charge in [-0.2, -0.15) is 0 Å². The van der Waals surface area contributed by atoms with E-state index >= 15 is 0 Å². The van der Waals surface area contributed by atoms with Gasteiger partial charge in [-0.1, -0.05) is 19.9 Å². The van der Waals surface area contributed by atoms with E-state index in [1.807, 2.05) is 13.8 Å². The van der Waals surface area contributed by atoms with Crippen LogP contribution in [-0.2, 0) is 10.0 Å². The Hall–Kier alpha value is -1.05. The molecular formula is C14H20F2N2O2S. The topological polar surface area (TPSA) is 58.2 Å². The monoisotopic (exact) mass is 318 g/mol. The van der Waals surface area contributed by atoms with E-state index in [4.69, 9.17) is 0 Å². The molecule has 2 N–H and O–H groups in total. The Morgan fingerprint density at radius 1 is 1.33 bits per heavy atom. The van der Waals surface area contributed by atoms with Gasteiger partial charge in [0.25, 0.3) is 0 Å². The van der Waals surface area contributed by atoms with Crippen molar-refractivity contribution in [2.45, 2.75) is 37.6 Å². The molecule has 1 aromatic rings. The van der Waals surface area contributed by atoms with Crippen LogP contribution in [0.5, 0.6) is 0 Å². The highest BCUT2D eigenvalue weighted by atomic mass is 32.2. The summed E-state index contributed by atoms with van der Waals surface area (Å²) >= 11 is 0. The number of halogens is 2. The van der Waals surface area contributed by atoms with E-state index in [0.717, 1.165) is 37.6 Å². The van der Waals surface area contributed by atoms with Gasteiger partial charge < -0.3 is 5.32 Å². The summed E-state index contributed by atoms with van der Waals surface area (Å²) in [5, 5.41) is 3.25. The average molecular weight is 318 g/mol. The second kappa shape index (κ2) is 5.98. The molecule has 1 aromatic carbocycles. The Balaban J connectivity index is 2.15. The predicted molar refractivity (Wildman–Crippen MR) is 76.4 cm³/mol. The van der Waals surface area contributed by atoms with E-state index in [2.05, 4.69) is 10.0 Å². The van der Waals surface area contributed by atoms with Crippen molar-refractivity contribution < 1.29 is 17.2 Å². The molecule has 0 radical (unpaired) electrons. The van der Waals surface area contributed by atoms with E-state index in [0.29, 0.717) is 0 Å². The van der Waals surface area contributed by atoms with Crippen molar-refractivity contribution in [1.82, 2.24) is 10.0 Å². The summed E-state index contributed by atoms with van der Waals surface area (Å²) in [7, 11) is -4.21. The quantitative estimate of drug-likeness (QED) is 0.893. The summed E-state index contributed by atoms with van der Waals surface area (Å²) in [4.78, 5) is -0.918. The zero-order chi connectivity index (χ0) is 15.7. The maximum Gasteiger partial charge on any atom is 0.246 e. The van der Waals surface area contributed by atoms with Gasteiger partial charge in [0.05, 0.1) is 0 Å². The molecule has 4 nitrogen and oxygen atoms in total. The van der Waals surface area contributed by atoms with Crippen LogP contribution < -0.4 is 10.0 Å². The minimum atomic E-state index is -4.21. The first kappa shape index (κ1) is 16.3.